The molecule has 0 aliphatic rings. The zero-order chi connectivity index (χ0) is 14.4. The average molecular weight is 275 g/mol. The van der Waals surface area contributed by atoms with Gasteiger partial charge in [0.05, 0.1) is 5.69 Å². The number of oxazole rings is 1. The molecular formula is C12H13N5O3. The lowest BCUT2D eigenvalue weighted by Gasteiger charge is -1.99. The van der Waals surface area contributed by atoms with Crippen LogP contribution in [0.3, 0.4) is 0 Å². The Hall–Kier alpha value is -2.64. The topological polar surface area (TPSA) is 110 Å². The first-order valence-corrected chi connectivity index (χ1v) is 6.18. The highest BCUT2D eigenvalue weighted by Crippen LogP contribution is 2.22. The third-order valence-electron chi connectivity index (χ3n) is 3.07. The molecule has 0 spiro atoms. The molecule has 0 aliphatic carbocycles. The number of fused-ring (bicyclic) bond motifs is 1. The van der Waals surface area contributed by atoms with Gasteiger partial charge < -0.3 is 9.40 Å². The Morgan fingerprint density at radius 1 is 1.20 bits per heavy atom. The summed E-state index contributed by atoms with van der Waals surface area (Å²) in [6.07, 6.45) is 0. The lowest BCUT2D eigenvalue weighted by molar-refractivity contribution is 0.531. The quantitative estimate of drug-likeness (QED) is 0.715. The van der Waals surface area contributed by atoms with Crippen LogP contribution in [0.25, 0.3) is 22.7 Å². The minimum absolute atomic E-state index is 0.245. The van der Waals surface area contributed by atoms with Gasteiger partial charge in [0.25, 0.3) is 5.56 Å². The Bertz CT molecular complexity index is 911. The second-order valence-corrected chi connectivity index (χ2v) is 4.43. The molecule has 8 heteroatoms. The molecule has 104 valence electrons. The van der Waals surface area contributed by atoms with Crippen LogP contribution in [-0.4, -0.2) is 24.5 Å². The van der Waals surface area contributed by atoms with Gasteiger partial charge in [-0.15, -0.1) is 0 Å². The van der Waals surface area contributed by atoms with Crippen molar-refractivity contribution >= 4 is 11.2 Å². The van der Waals surface area contributed by atoms with Crippen molar-refractivity contribution in [1.82, 2.24) is 24.5 Å². The first kappa shape index (κ1) is 12.4. The zero-order valence-corrected chi connectivity index (χ0v) is 11.3. The first-order chi connectivity index (χ1) is 9.51. The fraction of sp³-hybridized carbons (Fsp3) is 0.333. The summed E-state index contributed by atoms with van der Waals surface area (Å²) in [4.78, 5) is 37.1. The summed E-state index contributed by atoms with van der Waals surface area (Å²) in [5, 5.41) is 0. The van der Waals surface area contributed by atoms with Gasteiger partial charge in [-0.05, 0) is 13.8 Å². The van der Waals surface area contributed by atoms with E-state index in [4.69, 9.17) is 4.42 Å². The highest BCUT2D eigenvalue weighted by atomic mass is 16.4. The summed E-state index contributed by atoms with van der Waals surface area (Å²) in [5.74, 6) is 1.37. The van der Waals surface area contributed by atoms with Crippen LogP contribution in [0.4, 0.5) is 0 Å². The van der Waals surface area contributed by atoms with Crippen LogP contribution in [0.1, 0.15) is 18.5 Å². The second-order valence-electron chi connectivity index (χ2n) is 4.43. The number of imidazole rings is 1. The molecule has 2 N–H and O–H groups in total. The largest absolute Gasteiger partial charge is 0.437 e. The van der Waals surface area contributed by atoms with Gasteiger partial charge in [-0.25, -0.2) is 14.8 Å². The molecule has 0 radical (unpaired) electrons. The SMILES string of the molecule is CCn1c(=O)[nH]c(=O)c2[nH]c(-c3oc(C)nc3C)nc21. The van der Waals surface area contributed by atoms with Gasteiger partial charge in [0.2, 0.25) is 0 Å². The number of rotatable bonds is 2. The standard InChI is InChI=1S/C12H13N5O3/c1-4-17-10-7(11(18)16-12(17)19)14-9(15-10)8-5(2)13-6(3)20-8/h4H2,1-3H3,(H,14,15)(H,16,18,19). The van der Waals surface area contributed by atoms with E-state index in [1.165, 1.54) is 4.57 Å². The minimum Gasteiger partial charge on any atom is -0.437 e. The number of nitrogens with zero attached hydrogens (tertiary/aromatic N) is 3. The van der Waals surface area contributed by atoms with Gasteiger partial charge in [0.1, 0.15) is 5.52 Å². The summed E-state index contributed by atoms with van der Waals surface area (Å²) in [6, 6.07) is 0. The molecule has 0 aliphatic heterocycles. The predicted molar refractivity (Wildman–Crippen MR) is 71.6 cm³/mol. The fourth-order valence-corrected chi connectivity index (χ4v) is 2.19. The van der Waals surface area contributed by atoms with Crippen LogP contribution in [0, 0.1) is 13.8 Å². The molecule has 0 saturated carbocycles. The van der Waals surface area contributed by atoms with Gasteiger partial charge in [-0.1, -0.05) is 0 Å². The Labute approximate surface area is 112 Å². The first-order valence-electron chi connectivity index (χ1n) is 6.18. The van der Waals surface area contributed by atoms with E-state index < -0.39 is 11.2 Å². The molecule has 3 rings (SSSR count). The number of aryl methyl sites for hydroxylation is 3. The highest BCUT2D eigenvalue weighted by Gasteiger charge is 2.17. The maximum absolute atomic E-state index is 11.8. The zero-order valence-electron chi connectivity index (χ0n) is 11.3. The Morgan fingerprint density at radius 3 is 2.55 bits per heavy atom. The fourth-order valence-electron chi connectivity index (χ4n) is 2.19. The van der Waals surface area contributed by atoms with E-state index in [9.17, 15) is 9.59 Å². The van der Waals surface area contributed by atoms with E-state index in [1.807, 2.05) is 0 Å². The van der Waals surface area contributed by atoms with E-state index in [1.54, 1.807) is 20.8 Å². The van der Waals surface area contributed by atoms with Crippen molar-refractivity contribution in [3.8, 4) is 11.6 Å². The predicted octanol–water partition coefficient (Wildman–Crippen LogP) is 0.705. The molecule has 0 fully saturated rings. The summed E-state index contributed by atoms with van der Waals surface area (Å²) in [5.41, 5.74) is 0.249. The normalized spacial score (nSPS) is 11.3. The van der Waals surface area contributed by atoms with Gasteiger partial charge in [-0.2, -0.15) is 0 Å². The lowest BCUT2D eigenvalue weighted by atomic mass is 10.3. The molecule has 0 amide bonds. The van der Waals surface area contributed by atoms with Crippen molar-refractivity contribution in [3.63, 3.8) is 0 Å². The molecule has 0 aromatic carbocycles. The number of hydrogen-bond donors (Lipinski definition) is 2. The van der Waals surface area contributed by atoms with Crippen molar-refractivity contribution in [1.29, 1.82) is 0 Å². The van der Waals surface area contributed by atoms with Gasteiger partial charge in [-0.3, -0.25) is 14.3 Å². The molecule has 3 aromatic rings. The third kappa shape index (κ3) is 1.68. The third-order valence-corrected chi connectivity index (χ3v) is 3.07. The van der Waals surface area contributed by atoms with Gasteiger partial charge >= 0.3 is 5.69 Å². The molecule has 20 heavy (non-hydrogen) atoms. The van der Waals surface area contributed by atoms with Crippen molar-refractivity contribution in [3.05, 3.63) is 32.4 Å². The Balaban J connectivity index is 2.36. The van der Waals surface area contributed by atoms with E-state index in [2.05, 4.69) is 19.9 Å². The van der Waals surface area contributed by atoms with Crippen LogP contribution in [-0.2, 0) is 6.54 Å². The average Bonchev–Trinajstić information content (AvgIpc) is 2.93. The molecule has 8 nitrogen and oxygen atoms in total. The molecule has 0 saturated heterocycles. The van der Waals surface area contributed by atoms with E-state index in [0.717, 1.165) is 0 Å². The van der Waals surface area contributed by atoms with Gasteiger partial charge in [0, 0.05) is 13.5 Å². The maximum atomic E-state index is 11.8. The molecule has 0 unspecified atom stereocenters. The van der Waals surface area contributed by atoms with Crippen molar-refractivity contribution in [2.75, 3.05) is 0 Å². The van der Waals surface area contributed by atoms with Crippen molar-refractivity contribution in [2.45, 2.75) is 27.3 Å². The molecule has 3 heterocycles. The summed E-state index contributed by atoms with van der Waals surface area (Å²) in [6.45, 7) is 5.73. The number of nitrogens with one attached hydrogen (secondary N) is 2. The van der Waals surface area contributed by atoms with Gasteiger partial charge in [0.15, 0.2) is 23.1 Å². The summed E-state index contributed by atoms with van der Waals surface area (Å²) >= 11 is 0. The second kappa shape index (κ2) is 4.19. The lowest BCUT2D eigenvalue weighted by Crippen LogP contribution is -2.29. The van der Waals surface area contributed by atoms with Crippen molar-refractivity contribution in [2.24, 2.45) is 0 Å². The Morgan fingerprint density at radius 2 is 1.95 bits per heavy atom. The molecule has 3 aromatic heterocycles. The monoisotopic (exact) mass is 275 g/mol. The summed E-state index contributed by atoms with van der Waals surface area (Å²) in [7, 11) is 0. The van der Waals surface area contributed by atoms with Crippen LogP contribution >= 0.6 is 0 Å². The maximum Gasteiger partial charge on any atom is 0.330 e. The van der Waals surface area contributed by atoms with Crippen LogP contribution in [0.2, 0.25) is 0 Å². The molecule has 0 atom stereocenters. The minimum atomic E-state index is -0.498. The van der Waals surface area contributed by atoms with E-state index in [0.29, 0.717) is 35.4 Å². The van der Waals surface area contributed by atoms with Crippen LogP contribution in [0.15, 0.2) is 14.0 Å². The number of aromatic amines is 2. The summed E-state index contributed by atoms with van der Waals surface area (Å²) < 4.78 is 6.85. The number of H-pyrrole nitrogens is 2. The number of hydrogen-bond acceptors (Lipinski definition) is 5. The molecule has 0 bridgehead atoms. The van der Waals surface area contributed by atoms with E-state index >= 15 is 0 Å². The van der Waals surface area contributed by atoms with Crippen molar-refractivity contribution < 1.29 is 4.42 Å². The number of aromatic nitrogens is 5. The smallest absolute Gasteiger partial charge is 0.330 e. The Kier molecular flexibility index (Phi) is 2.60. The highest BCUT2D eigenvalue weighted by molar-refractivity contribution is 5.74. The van der Waals surface area contributed by atoms with Crippen LogP contribution in [0.5, 0.6) is 0 Å². The van der Waals surface area contributed by atoms with Crippen LogP contribution < -0.4 is 11.2 Å². The van der Waals surface area contributed by atoms with E-state index in [-0.39, 0.29) is 5.52 Å². The molecular weight excluding hydrogens is 262 g/mol.